The second-order valence-corrected chi connectivity index (χ2v) is 2.72. The Labute approximate surface area is 98.7 Å². The molecule has 0 unspecified atom stereocenters. The third-order valence-electron chi connectivity index (χ3n) is 1.81. The number of hydrogen-bond acceptors (Lipinski definition) is 1. The highest BCUT2D eigenvalue weighted by atomic mass is 16.1. The topological polar surface area (TPSA) is 32.9 Å². The van der Waals surface area contributed by atoms with Gasteiger partial charge in [-0.3, -0.25) is 4.79 Å². The molecule has 0 spiro atoms. The quantitative estimate of drug-likeness (QED) is 0.719. The van der Waals surface area contributed by atoms with Gasteiger partial charge in [-0.25, -0.2) is 0 Å². The van der Waals surface area contributed by atoms with Gasteiger partial charge in [0.25, 0.3) is 0 Å². The lowest BCUT2D eigenvalue weighted by molar-refractivity contribution is 1.11. The molecule has 0 aromatic carbocycles. The van der Waals surface area contributed by atoms with Gasteiger partial charge in [-0.2, -0.15) is 0 Å². The molecule has 1 heterocycles. The van der Waals surface area contributed by atoms with Crippen molar-refractivity contribution in [1.29, 1.82) is 0 Å². The number of pyridine rings is 1. The third kappa shape index (κ3) is 4.96. The van der Waals surface area contributed by atoms with E-state index in [1.807, 2.05) is 60.6 Å². The van der Waals surface area contributed by atoms with Crippen LogP contribution in [-0.4, -0.2) is 4.98 Å². The Morgan fingerprint density at radius 3 is 1.94 bits per heavy atom. The molecule has 0 fully saturated rings. The van der Waals surface area contributed by atoms with Crippen LogP contribution >= 0.6 is 0 Å². The summed E-state index contributed by atoms with van der Waals surface area (Å²) in [4.78, 5) is 14.5. The Balaban J connectivity index is 0. The molecule has 92 valence electrons. The number of aromatic nitrogens is 1. The summed E-state index contributed by atoms with van der Waals surface area (Å²) in [6, 6.07) is 1.61. The molecule has 16 heavy (non-hydrogen) atoms. The van der Waals surface area contributed by atoms with Crippen LogP contribution in [0.5, 0.6) is 0 Å². The van der Waals surface area contributed by atoms with Crippen LogP contribution in [0, 0.1) is 6.92 Å². The Morgan fingerprint density at radius 2 is 1.56 bits per heavy atom. The van der Waals surface area contributed by atoms with Crippen molar-refractivity contribution in [1.82, 2.24) is 4.98 Å². The largest absolute Gasteiger partial charge is 0.359 e. The first-order chi connectivity index (χ1) is 7.69. The summed E-state index contributed by atoms with van der Waals surface area (Å²) < 4.78 is 0. The monoisotopic (exact) mass is 223 g/mol. The summed E-state index contributed by atoms with van der Waals surface area (Å²) >= 11 is 0. The third-order valence-corrected chi connectivity index (χ3v) is 1.81. The predicted octanol–water partition coefficient (Wildman–Crippen LogP) is 2.34. The SMILES string of the molecule is C/C=c1/[nH]c(C)cc(=O)/c1=C/C.CC.CC. The van der Waals surface area contributed by atoms with Crippen LogP contribution in [0.1, 0.15) is 47.2 Å². The number of aryl methyl sites for hydroxylation is 1. The van der Waals surface area contributed by atoms with Gasteiger partial charge in [-0.1, -0.05) is 39.8 Å². The molecule has 0 aliphatic rings. The fourth-order valence-corrected chi connectivity index (χ4v) is 1.25. The summed E-state index contributed by atoms with van der Waals surface area (Å²) in [6.45, 7) is 13.7. The van der Waals surface area contributed by atoms with Crippen molar-refractivity contribution in [3.63, 3.8) is 0 Å². The van der Waals surface area contributed by atoms with Crippen LogP contribution < -0.4 is 16.0 Å². The fourth-order valence-electron chi connectivity index (χ4n) is 1.25. The van der Waals surface area contributed by atoms with E-state index in [1.165, 1.54) is 0 Å². The Hall–Kier alpha value is -1.31. The zero-order chi connectivity index (χ0) is 13.1. The molecule has 0 aliphatic heterocycles. The summed E-state index contributed by atoms with van der Waals surface area (Å²) in [6.07, 6.45) is 3.73. The lowest BCUT2D eigenvalue weighted by atomic mass is 10.2. The maximum absolute atomic E-state index is 11.4. The zero-order valence-electron chi connectivity index (χ0n) is 11.6. The average Bonchev–Trinajstić information content (AvgIpc) is 2.33. The van der Waals surface area contributed by atoms with Crippen molar-refractivity contribution in [2.24, 2.45) is 0 Å². The minimum absolute atomic E-state index is 0.0850. The zero-order valence-corrected chi connectivity index (χ0v) is 11.6. The van der Waals surface area contributed by atoms with Gasteiger partial charge in [0, 0.05) is 22.3 Å². The number of H-pyrrole nitrogens is 1. The molecule has 1 aromatic rings. The highest BCUT2D eigenvalue weighted by molar-refractivity contribution is 5.26. The van der Waals surface area contributed by atoms with E-state index in [0.717, 1.165) is 16.3 Å². The van der Waals surface area contributed by atoms with E-state index in [-0.39, 0.29) is 5.43 Å². The van der Waals surface area contributed by atoms with Crippen molar-refractivity contribution >= 4 is 12.2 Å². The van der Waals surface area contributed by atoms with Crippen LogP contribution in [0.15, 0.2) is 10.9 Å². The van der Waals surface area contributed by atoms with E-state index in [9.17, 15) is 4.79 Å². The minimum Gasteiger partial charge on any atom is -0.359 e. The molecular weight excluding hydrogens is 198 g/mol. The van der Waals surface area contributed by atoms with Crippen molar-refractivity contribution in [2.45, 2.75) is 48.5 Å². The molecule has 0 atom stereocenters. The molecule has 1 aromatic heterocycles. The van der Waals surface area contributed by atoms with Gasteiger partial charge in [0.15, 0.2) is 5.43 Å². The second-order valence-electron chi connectivity index (χ2n) is 2.72. The van der Waals surface area contributed by atoms with Crippen LogP contribution in [-0.2, 0) is 0 Å². The Morgan fingerprint density at radius 1 is 1.06 bits per heavy atom. The van der Waals surface area contributed by atoms with Crippen molar-refractivity contribution in [3.05, 3.63) is 32.6 Å². The number of aromatic amines is 1. The lowest BCUT2D eigenvalue weighted by Gasteiger charge is -1.93. The number of nitrogens with one attached hydrogen (secondary N) is 1. The Bertz CT molecular complexity index is 441. The van der Waals surface area contributed by atoms with Crippen LogP contribution in [0.2, 0.25) is 0 Å². The van der Waals surface area contributed by atoms with Crippen LogP contribution in [0.4, 0.5) is 0 Å². The van der Waals surface area contributed by atoms with Crippen molar-refractivity contribution in [3.8, 4) is 0 Å². The number of rotatable bonds is 0. The standard InChI is InChI=1S/C10H13NO.2C2H6/c1-4-8-9(5-2)11-7(3)6-10(8)12;2*1-2/h4-6,11H,1-3H3;2*1-2H3/b8-4+,9-5+;;. The summed E-state index contributed by atoms with van der Waals surface area (Å²) in [5.74, 6) is 0. The van der Waals surface area contributed by atoms with Gasteiger partial charge < -0.3 is 4.98 Å². The van der Waals surface area contributed by atoms with Gasteiger partial charge in [0.1, 0.15) is 0 Å². The Kier molecular flexibility index (Phi) is 10.9. The van der Waals surface area contributed by atoms with E-state index in [1.54, 1.807) is 6.07 Å². The van der Waals surface area contributed by atoms with Crippen molar-refractivity contribution in [2.75, 3.05) is 0 Å². The molecule has 0 bridgehead atoms. The van der Waals surface area contributed by atoms with E-state index < -0.39 is 0 Å². The normalized spacial score (nSPS) is 11.2. The lowest BCUT2D eigenvalue weighted by Crippen LogP contribution is -2.40. The molecule has 0 radical (unpaired) electrons. The summed E-state index contributed by atoms with van der Waals surface area (Å²) in [7, 11) is 0. The van der Waals surface area contributed by atoms with Gasteiger partial charge in [-0.05, 0) is 20.8 Å². The van der Waals surface area contributed by atoms with Gasteiger partial charge >= 0.3 is 0 Å². The van der Waals surface area contributed by atoms with E-state index in [4.69, 9.17) is 0 Å². The van der Waals surface area contributed by atoms with Gasteiger partial charge in [0.05, 0.1) is 0 Å². The fraction of sp³-hybridized carbons (Fsp3) is 0.500. The molecule has 1 N–H and O–H groups in total. The highest BCUT2D eigenvalue weighted by Crippen LogP contribution is 1.75. The first kappa shape index (κ1) is 17.1. The van der Waals surface area contributed by atoms with Crippen molar-refractivity contribution < 1.29 is 0 Å². The molecule has 0 saturated carbocycles. The first-order valence-electron chi connectivity index (χ1n) is 6.01. The minimum atomic E-state index is 0.0850. The summed E-state index contributed by atoms with van der Waals surface area (Å²) in [5, 5.41) is 1.66. The van der Waals surface area contributed by atoms with Gasteiger partial charge in [-0.15, -0.1) is 0 Å². The highest BCUT2D eigenvalue weighted by Gasteiger charge is 1.91. The number of hydrogen-bond donors (Lipinski definition) is 1. The average molecular weight is 223 g/mol. The molecule has 1 rings (SSSR count). The molecular formula is C14H25NO. The summed E-state index contributed by atoms with van der Waals surface area (Å²) in [5.41, 5.74) is 0.987. The smallest absolute Gasteiger partial charge is 0.189 e. The molecule has 0 amide bonds. The molecule has 2 nitrogen and oxygen atoms in total. The molecule has 2 heteroatoms. The molecule has 0 aliphatic carbocycles. The van der Waals surface area contributed by atoms with Gasteiger partial charge in [0.2, 0.25) is 0 Å². The van der Waals surface area contributed by atoms with Crippen LogP contribution in [0.3, 0.4) is 0 Å². The maximum Gasteiger partial charge on any atom is 0.189 e. The van der Waals surface area contributed by atoms with Crippen LogP contribution in [0.25, 0.3) is 12.2 Å². The van der Waals surface area contributed by atoms with E-state index in [0.29, 0.717) is 0 Å². The maximum atomic E-state index is 11.4. The van der Waals surface area contributed by atoms with E-state index in [2.05, 4.69) is 4.98 Å². The van der Waals surface area contributed by atoms with E-state index >= 15 is 0 Å². The first-order valence-corrected chi connectivity index (χ1v) is 6.01. The molecule has 0 saturated heterocycles. The predicted molar refractivity (Wildman–Crippen MR) is 74.0 cm³/mol. The second kappa shape index (κ2) is 10.2.